The molecule has 31 heavy (non-hydrogen) atoms. The Hall–Kier alpha value is -3.22. The average molecular weight is 436 g/mol. The highest BCUT2D eigenvalue weighted by atomic mass is 35.5. The summed E-state index contributed by atoms with van der Waals surface area (Å²) >= 11 is 5.89. The Balaban J connectivity index is 1.53. The summed E-state index contributed by atoms with van der Waals surface area (Å²) in [6.07, 6.45) is 0. The molecule has 0 spiro atoms. The summed E-state index contributed by atoms with van der Waals surface area (Å²) in [6, 6.07) is 24.9. The van der Waals surface area contributed by atoms with Crippen LogP contribution in [0, 0.1) is 10.1 Å². The Morgan fingerprint density at radius 1 is 0.871 bits per heavy atom. The zero-order chi connectivity index (χ0) is 21.8. The van der Waals surface area contributed by atoms with Crippen molar-refractivity contribution < 1.29 is 9.72 Å². The van der Waals surface area contributed by atoms with Crippen molar-refractivity contribution in [2.75, 3.05) is 26.2 Å². The van der Waals surface area contributed by atoms with Gasteiger partial charge in [0.25, 0.3) is 11.6 Å². The predicted molar refractivity (Wildman–Crippen MR) is 120 cm³/mol. The molecule has 0 atom stereocenters. The van der Waals surface area contributed by atoms with Crippen LogP contribution in [0.25, 0.3) is 0 Å². The first-order valence-corrected chi connectivity index (χ1v) is 10.5. The number of nitro groups is 1. The van der Waals surface area contributed by atoms with Crippen molar-refractivity contribution in [1.82, 2.24) is 9.80 Å². The minimum Gasteiger partial charge on any atom is -0.336 e. The normalized spacial score (nSPS) is 14.6. The first kappa shape index (κ1) is 21.0. The lowest BCUT2D eigenvalue weighted by Gasteiger charge is -2.39. The number of carbonyl (C=O) groups is 1. The Bertz CT molecular complexity index is 1030. The van der Waals surface area contributed by atoms with E-state index in [1.54, 1.807) is 4.90 Å². The summed E-state index contributed by atoms with van der Waals surface area (Å²) in [4.78, 5) is 27.9. The van der Waals surface area contributed by atoms with Crippen LogP contribution >= 0.6 is 11.6 Å². The van der Waals surface area contributed by atoms with Crippen LogP contribution in [0.15, 0.2) is 78.9 Å². The molecule has 0 aliphatic carbocycles. The van der Waals surface area contributed by atoms with Gasteiger partial charge in [-0.15, -0.1) is 0 Å². The van der Waals surface area contributed by atoms with Gasteiger partial charge in [-0.2, -0.15) is 0 Å². The van der Waals surface area contributed by atoms with Crippen molar-refractivity contribution >= 4 is 23.2 Å². The molecule has 0 N–H and O–H groups in total. The summed E-state index contributed by atoms with van der Waals surface area (Å²) in [6.45, 7) is 2.33. The number of halogens is 1. The molecular formula is C24H22ClN3O3. The number of nitrogens with zero attached hydrogens (tertiary/aromatic N) is 3. The van der Waals surface area contributed by atoms with Crippen LogP contribution in [-0.2, 0) is 0 Å². The first-order chi connectivity index (χ1) is 15.0. The topological polar surface area (TPSA) is 66.7 Å². The third-order valence-electron chi connectivity index (χ3n) is 5.58. The maximum absolute atomic E-state index is 13.0. The molecule has 0 saturated carbocycles. The van der Waals surface area contributed by atoms with E-state index >= 15 is 0 Å². The van der Waals surface area contributed by atoms with Crippen molar-refractivity contribution in [1.29, 1.82) is 0 Å². The van der Waals surface area contributed by atoms with Gasteiger partial charge in [0.15, 0.2) is 0 Å². The van der Waals surface area contributed by atoms with Gasteiger partial charge in [-0.1, -0.05) is 72.3 Å². The van der Waals surface area contributed by atoms with Crippen LogP contribution in [0.1, 0.15) is 27.5 Å². The van der Waals surface area contributed by atoms with Gasteiger partial charge in [0.2, 0.25) is 0 Å². The molecule has 1 aliphatic rings. The minimum atomic E-state index is -0.559. The monoisotopic (exact) mass is 435 g/mol. The lowest BCUT2D eigenvalue weighted by Crippen LogP contribution is -2.50. The van der Waals surface area contributed by atoms with Crippen LogP contribution < -0.4 is 0 Å². The van der Waals surface area contributed by atoms with E-state index in [1.165, 1.54) is 29.3 Å². The number of rotatable bonds is 5. The number of benzene rings is 3. The smallest absolute Gasteiger partial charge is 0.283 e. The molecule has 0 unspecified atom stereocenters. The van der Waals surface area contributed by atoms with Crippen LogP contribution in [0.3, 0.4) is 0 Å². The Kier molecular flexibility index (Phi) is 6.30. The fourth-order valence-corrected chi connectivity index (χ4v) is 4.24. The number of hydrogen-bond acceptors (Lipinski definition) is 4. The zero-order valence-corrected chi connectivity index (χ0v) is 17.6. The van der Waals surface area contributed by atoms with Crippen LogP contribution in [-0.4, -0.2) is 46.8 Å². The SMILES string of the molecule is O=C(c1ccc(Cl)cc1[N+](=O)[O-])N1CCN(C(c2ccccc2)c2ccccc2)CC1. The van der Waals surface area contributed by atoms with E-state index in [-0.39, 0.29) is 28.2 Å². The van der Waals surface area contributed by atoms with E-state index in [2.05, 4.69) is 29.2 Å². The molecule has 3 aromatic carbocycles. The molecular weight excluding hydrogens is 414 g/mol. The summed E-state index contributed by atoms with van der Waals surface area (Å²) in [5, 5.41) is 11.6. The van der Waals surface area contributed by atoms with Gasteiger partial charge in [-0.25, -0.2) is 0 Å². The van der Waals surface area contributed by atoms with Crippen LogP contribution in [0.2, 0.25) is 5.02 Å². The van der Waals surface area contributed by atoms with E-state index in [4.69, 9.17) is 11.6 Å². The first-order valence-electron chi connectivity index (χ1n) is 10.1. The second-order valence-corrected chi connectivity index (χ2v) is 7.91. The Labute approximate surface area is 185 Å². The highest BCUT2D eigenvalue weighted by Crippen LogP contribution is 2.30. The molecule has 1 aliphatic heterocycles. The summed E-state index contributed by atoms with van der Waals surface area (Å²) in [7, 11) is 0. The fourth-order valence-electron chi connectivity index (χ4n) is 4.07. The largest absolute Gasteiger partial charge is 0.336 e. The second-order valence-electron chi connectivity index (χ2n) is 7.47. The van der Waals surface area contributed by atoms with Gasteiger partial charge in [-0.3, -0.25) is 19.8 Å². The average Bonchev–Trinajstić information content (AvgIpc) is 2.81. The molecule has 158 valence electrons. The minimum absolute atomic E-state index is 0.0746. The molecule has 1 fully saturated rings. The highest BCUT2D eigenvalue weighted by Gasteiger charge is 2.31. The number of nitro benzene ring substituents is 1. The van der Waals surface area contributed by atoms with E-state index in [1.807, 2.05) is 36.4 Å². The molecule has 4 rings (SSSR count). The van der Waals surface area contributed by atoms with Crippen molar-refractivity contribution in [2.45, 2.75) is 6.04 Å². The van der Waals surface area contributed by atoms with Crippen LogP contribution in [0.5, 0.6) is 0 Å². The third kappa shape index (κ3) is 4.60. The quantitative estimate of drug-likeness (QED) is 0.426. The molecule has 0 aromatic heterocycles. The fraction of sp³-hybridized carbons (Fsp3) is 0.208. The van der Waals surface area contributed by atoms with Gasteiger partial charge < -0.3 is 4.90 Å². The molecule has 1 saturated heterocycles. The Morgan fingerprint density at radius 3 is 1.94 bits per heavy atom. The number of carbonyl (C=O) groups excluding carboxylic acids is 1. The lowest BCUT2D eigenvalue weighted by atomic mass is 9.96. The summed E-state index contributed by atoms with van der Waals surface area (Å²) in [5.74, 6) is -0.334. The van der Waals surface area contributed by atoms with E-state index in [9.17, 15) is 14.9 Å². The molecule has 3 aromatic rings. The second kappa shape index (κ2) is 9.29. The van der Waals surface area contributed by atoms with Gasteiger partial charge >= 0.3 is 0 Å². The van der Waals surface area contributed by atoms with Gasteiger partial charge in [0, 0.05) is 37.3 Å². The summed E-state index contributed by atoms with van der Waals surface area (Å²) < 4.78 is 0. The van der Waals surface area contributed by atoms with E-state index < -0.39 is 4.92 Å². The summed E-state index contributed by atoms with van der Waals surface area (Å²) in [5.41, 5.74) is 2.21. The van der Waals surface area contributed by atoms with E-state index in [0.29, 0.717) is 26.2 Å². The molecule has 6 nitrogen and oxygen atoms in total. The molecule has 1 amide bonds. The zero-order valence-electron chi connectivity index (χ0n) is 16.9. The number of hydrogen-bond donors (Lipinski definition) is 0. The van der Waals surface area contributed by atoms with Crippen molar-refractivity contribution in [3.63, 3.8) is 0 Å². The standard InChI is InChI=1S/C24H22ClN3O3/c25-20-11-12-21(22(17-20)28(30)31)24(29)27-15-13-26(14-16-27)23(18-7-3-1-4-8-18)19-9-5-2-6-10-19/h1-12,17,23H,13-16H2. The van der Waals surface area contributed by atoms with Gasteiger partial charge in [0.1, 0.15) is 5.56 Å². The molecule has 7 heteroatoms. The maximum atomic E-state index is 13.0. The lowest BCUT2D eigenvalue weighted by molar-refractivity contribution is -0.385. The number of amides is 1. The van der Waals surface area contributed by atoms with Crippen LogP contribution in [0.4, 0.5) is 5.69 Å². The maximum Gasteiger partial charge on any atom is 0.283 e. The third-order valence-corrected chi connectivity index (χ3v) is 5.82. The number of piperazine rings is 1. The van der Waals surface area contributed by atoms with E-state index in [0.717, 1.165) is 0 Å². The van der Waals surface area contributed by atoms with Crippen molar-refractivity contribution in [3.05, 3.63) is 111 Å². The molecule has 1 heterocycles. The highest BCUT2D eigenvalue weighted by molar-refractivity contribution is 6.31. The predicted octanol–water partition coefficient (Wildman–Crippen LogP) is 4.80. The Morgan fingerprint density at radius 2 is 1.42 bits per heavy atom. The molecule has 0 radical (unpaired) electrons. The van der Waals surface area contributed by atoms with Crippen molar-refractivity contribution in [2.24, 2.45) is 0 Å². The van der Waals surface area contributed by atoms with Crippen molar-refractivity contribution in [3.8, 4) is 0 Å². The van der Waals surface area contributed by atoms with Gasteiger partial charge in [0.05, 0.1) is 11.0 Å². The van der Waals surface area contributed by atoms with Gasteiger partial charge in [-0.05, 0) is 23.3 Å². The molecule has 0 bridgehead atoms.